The molecular weight excluding hydrogens is 158 g/mol. The lowest BCUT2D eigenvalue weighted by molar-refractivity contribution is -0.153. The van der Waals surface area contributed by atoms with Crippen molar-refractivity contribution in [2.45, 2.75) is 32.0 Å². The first-order valence-corrected chi connectivity index (χ1v) is 4.29. The molecular formula is C8H15NO3. The topological polar surface area (TPSA) is 58.6 Å². The van der Waals surface area contributed by atoms with Crippen molar-refractivity contribution in [3.63, 3.8) is 0 Å². The predicted molar refractivity (Wildman–Crippen MR) is 44.1 cm³/mol. The van der Waals surface area contributed by atoms with Gasteiger partial charge in [-0.2, -0.15) is 0 Å². The average Bonchev–Trinajstić information content (AvgIpc) is 2.06. The van der Waals surface area contributed by atoms with Crippen LogP contribution in [0, 0.1) is 0 Å². The van der Waals surface area contributed by atoms with Crippen molar-refractivity contribution in [1.82, 2.24) is 5.32 Å². The van der Waals surface area contributed by atoms with E-state index in [0.29, 0.717) is 0 Å². The monoisotopic (exact) mass is 173 g/mol. The average molecular weight is 173 g/mol. The molecule has 2 atom stereocenters. The molecule has 0 spiro atoms. The Labute approximate surface area is 71.9 Å². The number of carboxylic acids is 1. The van der Waals surface area contributed by atoms with Gasteiger partial charge in [0.15, 0.2) is 6.10 Å². The van der Waals surface area contributed by atoms with Gasteiger partial charge in [0.1, 0.15) is 0 Å². The van der Waals surface area contributed by atoms with E-state index in [2.05, 4.69) is 5.32 Å². The number of ether oxygens (including phenoxy) is 1. The van der Waals surface area contributed by atoms with E-state index in [4.69, 9.17) is 9.84 Å². The fraction of sp³-hybridized carbons (Fsp3) is 0.875. The lowest BCUT2D eigenvalue weighted by Gasteiger charge is -2.24. The number of hydrogen-bond donors (Lipinski definition) is 2. The van der Waals surface area contributed by atoms with E-state index in [-0.39, 0.29) is 6.10 Å². The van der Waals surface area contributed by atoms with Crippen molar-refractivity contribution in [3.05, 3.63) is 0 Å². The lowest BCUT2D eigenvalue weighted by atomic mass is 10.1. The largest absolute Gasteiger partial charge is 0.479 e. The SMILES string of the molecule is C[C@H](O[C@H]1CCCNC1)C(=O)O. The zero-order valence-electron chi connectivity index (χ0n) is 7.25. The molecule has 4 heteroatoms. The first-order chi connectivity index (χ1) is 5.70. The van der Waals surface area contributed by atoms with E-state index >= 15 is 0 Å². The summed E-state index contributed by atoms with van der Waals surface area (Å²) < 4.78 is 5.29. The molecule has 0 aromatic heterocycles. The number of nitrogens with one attached hydrogen (secondary N) is 1. The molecule has 2 N–H and O–H groups in total. The van der Waals surface area contributed by atoms with Crippen molar-refractivity contribution in [3.8, 4) is 0 Å². The van der Waals surface area contributed by atoms with Crippen LogP contribution in [0.2, 0.25) is 0 Å². The number of rotatable bonds is 3. The van der Waals surface area contributed by atoms with Crippen LogP contribution in [0.5, 0.6) is 0 Å². The van der Waals surface area contributed by atoms with Crippen LogP contribution in [0.3, 0.4) is 0 Å². The summed E-state index contributed by atoms with van der Waals surface area (Å²) in [6, 6.07) is 0. The van der Waals surface area contributed by atoms with Crippen molar-refractivity contribution < 1.29 is 14.6 Å². The van der Waals surface area contributed by atoms with Crippen molar-refractivity contribution >= 4 is 5.97 Å². The smallest absolute Gasteiger partial charge is 0.332 e. The highest BCUT2D eigenvalue weighted by atomic mass is 16.5. The molecule has 1 aliphatic heterocycles. The molecule has 70 valence electrons. The first kappa shape index (κ1) is 9.48. The summed E-state index contributed by atoms with van der Waals surface area (Å²) in [6.45, 7) is 3.36. The highest BCUT2D eigenvalue weighted by Gasteiger charge is 2.19. The predicted octanol–water partition coefficient (Wildman–Crippen LogP) is 0.228. The third kappa shape index (κ3) is 2.79. The van der Waals surface area contributed by atoms with Crippen LogP contribution >= 0.6 is 0 Å². The first-order valence-electron chi connectivity index (χ1n) is 4.29. The Bertz CT molecular complexity index is 154. The van der Waals surface area contributed by atoms with Gasteiger partial charge in [-0.25, -0.2) is 4.79 Å². The molecule has 0 unspecified atom stereocenters. The Hall–Kier alpha value is -0.610. The summed E-state index contributed by atoms with van der Waals surface area (Å²) >= 11 is 0. The Morgan fingerprint density at radius 1 is 1.75 bits per heavy atom. The lowest BCUT2D eigenvalue weighted by Crippen LogP contribution is -2.38. The van der Waals surface area contributed by atoms with Gasteiger partial charge >= 0.3 is 5.97 Å². The second kappa shape index (κ2) is 4.42. The van der Waals surface area contributed by atoms with Gasteiger partial charge < -0.3 is 15.2 Å². The minimum absolute atomic E-state index is 0.0739. The van der Waals surface area contributed by atoms with Crippen molar-refractivity contribution in [1.29, 1.82) is 0 Å². The van der Waals surface area contributed by atoms with E-state index in [0.717, 1.165) is 25.9 Å². The summed E-state index contributed by atoms with van der Waals surface area (Å²) in [6.07, 6.45) is 1.42. The maximum absolute atomic E-state index is 10.4. The van der Waals surface area contributed by atoms with E-state index in [1.165, 1.54) is 0 Å². The van der Waals surface area contributed by atoms with Crippen LogP contribution in [0.25, 0.3) is 0 Å². The van der Waals surface area contributed by atoms with E-state index < -0.39 is 12.1 Å². The van der Waals surface area contributed by atoms with Gasteiger partial charge in [-0.1, -0.05) is 0 Å². The molecule has 0 aromatic carbocycles. The molecule has 0 amide bonds. The van der Waals surface area contributed by atoms with Crippen molar-refractivity contribution in [2.24, 2.45) is 0 Å². The van der Waals surface area contributed by atoms with Gasteiger partial charge in [-0.3, -0.25) is 0 Å². The zero-order valence-corrected chi connectivity index (χ0v) is 7.25. The van der Waals surface area contributed by atoms with Gasteiger partial charge in [0.2, 0.25) is 0 Å². The Morgan fingerprint density at radius 3 is 3.00 bits per heavy atom. The fourth-order valence-corrected chi connectivity index (χ4v) is 1.28. The molecule has 1 heterocycles. The second-order valence-electron chi connectivity index (χ2n) is 3.08. The van der Waals surface area contributed by atoms with Gasteiger partial charge in [0.25, 0.3) is 0 Å². The molecule has 12 heavy (non-hydrogen) atoms. The summed E-state index contributed by atoms with van der Waals surface area (Å²) in [4.78, 5) is 10.4. The van der Waals surface area contributed by atoms with Crippen LogP contribution in [-0.2, 0) is 9.53 Å². The van der Waals surface area contributed by atoms with E-state index in [1.54, 1.807) is 6.92 Å². The van der Waals surface area contributed by atoms with Crippen molar-refractivity contribution in [2.75, 3.05) is 13.1 Å². The molecule has 1 rings (SSSR count). The minimum Gasteiger partial charge on any atom is -0.479 e. The van der Waals surface area contributed by atoms with Crippen LogP contribution in [0.4, 0.5) is 0 Å². The second-order valence-corrected chi connectivity index (χ2v) is 3.08. The number of aliphatic carboxylic acids is 1. The van der Waals surface area contributed by atoms with Gasteiger partial charge in [-0.05, 0) is 26.3 Å². The summed E-state index contributed by atoms with van der Waals surface area (Å²) in [5.74, 6) is -0.888. The zero-order chi connectivity index (χ0) is 8.97. The van der Waals surface area contributed by atoms with Gasteiger partial charge in [-0.15, -0.1) is 0 Å². The summed E-state index contributed by atoms with van der Waals surface area (Å²) in [5, 5.41) is 11.7. The number of hydrogen-bond acceptors (Lipinski definition) is 3. The third-order valence-corrected chi connectivity index (χ3v) is 2.00. The molecule has 0 radical (unpaired) electrons. The number of piperidine rings is 1. The summed E-state index contributed by atoms with van der Waals surface area (Å²) in [5.41, 5.74) is 0. The molecule has 1 aliphatic rings. The Balaban J connectivity index is 2.24. The quantitative estimate of drug-likeness (QED) is 0.641. The highest BCUT2D eigenvalue weighted by molar-refractivity contribution is 5.71. The van der Waals surface area contributed by atoms with Gasteiger partial charge in [0, 0.05) is 6.54 Å². The highest BCUT2D eigenvalue weighted by Crippen LogP contribution is 2.08. The summed E-state index contributed by atoms with van der Waals surface area (Å²) in [7, 11) is 0. The molecule has 1 saturated heterocycles. The maximum Gasteiger partial charge on any atom is 0.332 e. The number of carbonyl (C=O) groups is 1. The maximum atomic E-state index is 10.4. The van der Waals surface area contributed by atoms with E-state index in [9.17, 15) is 4.79 Å². The standard InChI is InChI=1S/C8H15NO3/c1-6(8(10)11)12-7-3-2-4-9-5-7/h6-7,9H,2-5H2,1H3,(H,10,11)/t6-,7-/m0/s1. The molecule has 0 aliphatic carbocycles. The molecule has 0 aromatic rings. The number of carboxylic acid groups (broad SMARTS) is 1. The third-order valence-electron chi connectivity index (χ3n) is 2.00. The van der Waals surface area contributed by atoms with Crippen LogP contribution in [0.15, 0.2) is 0 Å². The van der Waals surface area contributed by atoms with Crippen LogP contribution in [0.1, 0.15) is 19.8 Å². The van der Waals surface area contributed by atoms with Gasteiger partial charge in [0.05, 0.1) is 6.10 Å². The van der Waals surface area contributed by atoms with Crippen LogP contribution < -0.4 is 5.32 Å². The fourth-order valence-electron chi connectivity index (χ4n) is 1.28. The molecule has 0 bridgehead atoms. The Morgan fingerprint density at radius 2 is 2.50 bits per heavy atom. The van der Waals surface area contributed by atoms with E-state index in [1.807, 2.05) is 0 Å². The molecule has 4 nitrogen and oxygen atoms in total. The molecule has 1 fully saturated rings. The molecule has 0 saturated carbocycles. The van der Waals surface area contributed by atoms with Crippen LogP contribution in [-0.4, -0.2) is 36.4 Å². The normalized spacial score (nSPS) is 26.6. The Kier molecular flexibility index (Phi) is 3.49. The minimum atomic E-state index is -0.888.